The minimum Gasteiger partial charge on any atom is -0.256 e. The van der Waals surface area contributed by atoms with E-state index in [0.717, 1.165) is 24.2 Å². The fraction of sp³-hybridized carbons (Fsp3) is 0.0667. The van der Waals surface area contributed by atoms with Gasteiger partial charge in [-0.25, -0.2) is 0 Å². The summed E-state index contributed by atoms with van der Waals surface area (Å²) in [4.78, 5) is 9.22. The molecule has 5 rings (SSSR count). The third kappa shape index (κ3) is 4.35. The van der Waals surface area contributed by atoms with Gasteiger partial charge in [0.05, 0.1) is 11.4 Å². The first-order valence-electron chi connectivity index (χ1n) is 11.0. The average molecular weight is 413 g/mol. The van der Waals surface area contributed by atoms with Crippen molar-refractivity contribution in [2.45, 2.75) is 12.8 Å². The Labute approximate surface area is 189 Å². The lowest BCUT2D eigenvalue weighted by molar-refractivity contribution is 0.961. The van der Waals surface area contributed by atoms with Gasteiger partial charge in [-0.3, -0.25) is 9.97 Å². The lowest BCUT2D eigenvalue weighted by atomic mass is 9.92. The number of hydrogen-bond acceptors (Lipinski definition) is 2. The second-order valence-electron chi connectivity index (χ2n) is 7.83. The molecule has 0 fully saturated rings. The smallest absolute Gasteiger partial charge is 0.0704 e. The van der Waals surface area contributed by atoms with Gasteiger partial charge in [0, 0.05) is 23.5 Å². The van der Waals surface area contributed by atoms with Gasteiger partial charge in [-0.05, 0) is 65.4 Å². The molecule has 3 aromatic carbocycles. The molecule has 32 heavy (non-hydrogen) atoms. The lowest BCUT2D eigenvalue weighted by Gasteiger charge is -2.14. The molecule has 0 amide bonds. The third-order valence-corrected chi connectivity index (χ3v) is 5.78. The molecule has 0 aliphatic carbocycles. The van der Waals surface area contributed by atoms with E-state index < -0.39 is 0 Å². The van der Waals surface area contributed by atoms with Gasteiger partial charge in [0.2, 0.25) is 0 Å². The van der Waals surface area contributed by atoms with Crippen molar-refractivity contribution in [2.75, 3.05) is 0 Å². The van der Waals surface area contributed by atoms with Crippen LogP contribution in [0.1, 0.15) is 11.1 Å². The quantitative estimate of drug-likeness (QED) is 0.293. The van der Waals surface area contributed by atoms with Crippen molar-refractivity contribution in [2.24, 2.45) is 0 Å². The fourth-order valence-electron chi connectivity index (χ4n) is 4.14. The summed E-state index contributed by atoms with van der Waals surface area (Å²) < 4.78 is 0. The third-order valence-electron chi connectivity index (χ3n) is 5.78. The summed E-state index contributed by atoms with van der Waals surface area (Å²) in [7, 11) is 0. The van der Waals surface area contributed by atoms with Gasteiger partial charge in [-0.1, -0.05) is 78.9 Å². The van der Waals surface area contributed by atoms with Crippen molar-refractivity contribution in [1.29, 1.82) is 0 Å². The van der Waals surface area contributed by atoms with Gasteiger partial charge in [-0.2, -0.15) is 0 Å². The molecule has 0 bridgehead atoms. The molecular weight excluding hydrogens is 388 g/mol. The molecule has 2 heteroatoms. The number of aromatic nitrogens is 2. The fourth-order valence-corrected chi connectivity index (χ4v) is 4.14. The number of benzene rings is 3. The van der Waals surface area contributed by atoms with Gasteiger partial charge in [0.15, 0.2) is 0 Å². The highest BCUT2D eigenvalue weighted by molar-refractivity contribution is 5.74. The highest BCUT2D eigenvalue weighted by Gasteiger charge is 2.11. The molecule has 0 spiro atoms. The summed E-state index contributed by atoms with van der Waals surface area (Å²) >= 11 is 0. The van der Waals surface area contributed by atoms with Gasteiger partial charge >= 0.3 is 0 Å². The van der Waals surface area contributed by atoms with E-state index in [2.05, 4.69) is 101 Å². The van der Waals surface area contributed by atoms with E-state index in [0.29, 0.717) is 0 Å². The predicted molar refractivity (Wildman–Crippen MR) is 132 cm³/mol. The number of pyridine rings is 2. The van der Waals surface area contributed by atoms with Crippen LogP contribution in [0.5, 0.6) is 0 Å². The highest BCUT2D eigenvalue weighted by atomic mass is 14.7. The van der Waals surface area contributed by atoms with Crippen molar-refractivity contribution in [3.8, 4) is 33.6 Å². The number of aryl methyl sites for hydroxylation is 2. The highest BCUT2D eigenvalue weighted by Crippen LogP contribution is 2.30. The maximum Gasteiger partial charge on any atom is 0.0704 e. The zero-order chi connectivity index (χ0) is 21.6. The number of rotatable bonds is 6. The summed E-state index contributed by atoms with van der Waals surface area (Å²) in [6, 6.07) is 38.0. The van der Waals surface area contributed by atoms with Crippen LogP contribution in [-0.4, -0.2) is 9.97 Å². The summed E-state index contributed by atoms with van der Waals surface area (Å²) in [5.74, 6) is 0. The van der Waals surface area contributed by atoms with E-state index in [1.807, 2.05) is 30.6 Å². The van der Waals surface area contributed by atoms with Crippen LogP contribution < -0.4 is 0 Å². The molecule has 0 N–H and O–H groups in total. The Morgan fingerprint density at radius 2 is 1.03 bits per heavy atom. The largest absolute Gasteiger partial charge is 0.256 e. The maximum atomic E-state index is 4.65. The Hall–Kier alpha value is -4.04. The molecule has 2 heterocycles. The van der Waals surface area contributed by atoms with Crippen LogP contribution in [0.3, 0.4) is 0 Å². The van der Waals surface area contributed by atoms with Gasteiger partial charge in [-0.15, -0.1) is 0 Å². The van der Waals surface area contributed by atoms with Gasteiger partial charge < -0.3 is 0 Å². The van der Waals surface area contributed by atoms with Crippen molar-refractivity contribution < 1.29 is 0 Å². The van der Waals surface area contributed by atoms with E-state index in [1.165, 1.54) is 33.4 Å². The molecule has 2 nitrogen and oxygen atoms in total. The Bertz CT molecular complexity index is 1300. The molecule has 0 unspecified atom stereocenters. The molecule has 154 valence electrons. The Morgan fingerprint density at radius 3 is 1.72 bits per heavy atom. The van der Waals surface area contributed by atoms with Gasteiger partial charge in [0.1, 0.15) is 0 Å². The van der Waals surface area contributed by atoms with Crippen LogP contribution in [0.2, 0.25) is 0 Å². The van der Waals surface area contributed by atoms with E-state index in [9.17, 15) is 0 Å². The SMILES string of the molecule is c1ccc(-c2ccc(CCc3ccccc3-c3ccccn3)c(-c3ccccn3)c2)cc1. The van der Waals surface area contributed by atoms with Crippen LogP contribution in [0, 0.1) is 0 Å². The second-order valence-corrected chi connectivity index (χ2v) is 7.83. The van der Waals surface area contributed by atoms with Crippen LogP contribution in [0.4, 0.5) is 0 Å². The minimum absolute atomic E-state index is 0.935. The van der Waals surface area contributed by atoms with Crippen molar-refractivity contribution in [3.63, 3.8) is 0 Å². The first-order valence-corrected chi connectivity index (χ1v) is 11.0. The molecule has 0 saturated carbocycles. The Kier molecular flexibility index (Phi) is 5.85. The van der Waals surface area contributed by atoms with E-state index >= 15 is 0 Å². The Morgan fingerprint density at radius 1 is 0.438 bits per heavy atom. The molecular formula is C30H24N2. The van der Waals surface area contributed by atoms with Crippen LogP contribution in [-0.2, 0) is 12.8 Å². The second kappa shape index (κ2) is 9.40. The molecule has 2 aromatic heterocycles. The standard InChI is InChI=1S/C30H24N2/c1-2-10-23(11-3-1)26-19-18-25(28(22-26)30-15-7-9-21-32-30)17-16-24-12-4-5-13-27(24)29-14-6-8-20-31-29/h1-15,18-22H,16-17H2. The summed E-state index contributed by atoms with van der Waals surface area (Å²) in [6.45, 7) is 0. The monoisotopic (exact) mass is 412 g/mol. The van der Waals surface area contributed by atoms with E-state index in [4.69, 9.17) is 0 Å². The maximum absolute atomic E-state index is 4.65. The zero-order valence-corrected chi connectivity index (χ0v) is 17.9. The first kappa shape index (κ1) is 19.9. The summed E-state index contributed by atoms with van der Waals surface area (Å²) in [6.07, 6.45) is 5.60. The molecule has 0 atom stereocenters. The minimum atomic E-state index is 0.935. The van der Waals surface area contributed by atoms with Crippen molar-refractivity contribution >= 4 is 0 Å². The molecule has 0 radical (unpaired) electrons. The topological polar surface area (TPSA) is 25.8 Å². The molecule has 0 saturated heterocycles. The van der Waals surface area contributed by atoms with E-state index in [1.54, 1.807) is 0 Å². The summed E-state index contributed by atoms with van der Waals surface area (Å²) in [5, 5.41) is 0. The van der Waals surface area contributed by atoms with Crippen LogP contribution in [0.25, 0.3) is 33.6 Å². The molecule has 0 aliphatic heterocycles. The molecule has 0 aliphatic rings. The Balaban J connectivity index is 1.50. The normalized spacial score (nSPS) is 10.8. The van der Waals surface area contributed by atoms with Crippen LogP contribution in [0.15, 0.2) is 122 Å². The number of nitrogens with zero attached hydrogens (tertiary/aromatic N) is 2. The van der Waals surface area contributed by atoms with Crippen molar-refractivity contribution in [3.05, 3.63) is 133 Å². The predicted octanol–water partition coefficient (Wildman–Crippen LogP) is 7.26. The zero-order valence-electron chi connectivity index (χ0n) is 17.9. The average Bonchev–Trinajstić information content (AvgIpc) is 2.89. The molecule has 5 aromatic rings. The van der Waals surface area contributed by atoms with Crippen molar-refractivity contribution in [1.82, 2.24) is 9.97 Å². The van der Waals surface area contributed by atoms with Crippen LogP contribution >= 0.6 is 0 Å². The summed E-state index contributed by atoms with van der Waals surface area (Å²) in [5.41, 5.74) is 9.48. The number of hydrogen-bond donors (Lipinski definition) is 0. The van der Waals surface area contributed by atoms with Gasteiger partial charge in [0.25, 0.3) is 0 Å². The lowest BCUT2D eigenvalue weighted by Crippen LogP contribution is -1.98. The first-order chi connectivity index (χ1) is 15.9. The van der Waals surface area contributed by atoms with E-state index in [-0.39, 0.29) is 0 Å².